The van der Waals surface area contributed by atoms with Gasteiger partial charge in [-0.2, -0.15) is 5.10 Å². The summed E-state index contributed by atoms with van der Waals surface area (Å²) in [5.74, 6) is 0.462. The van der Waals surface area contributed by atoms with Crippen LogP contribution in [-0.2, 0) is 23.8 Å². The molecule has 16 heavy (non-hydrogen) atoms. The van der Waals surface area contributed by atoms with Gasteiger partial charge in [0.05, 0.1) is 30.4 Å². The fraction of sp³-hybridized carbons (Fsp3) is 0.364. The number of hydrogen-bond acceptors (Lipinski definition) is 3. The fourth-order valence-corrected chi connectivity index (χ4v) is 2.79. The monoisotopic (exact) mass is 254 g/mol. The number of thiophene rings is 1. The van der Waals surface area contributed by atoms with Gasteiger partial charge in [0, 0.05) is 4.88 Å². The van der Waals surface area contributed by atoms with Crippen LogP contribution in [0.25, 0.3) is 0 Å². The van der Waals surface area contributed by atoms with Crippen LogP contribution >= 0.6 is 22.9 Å². The first-order valence-corrected chi connectivity index (χ1v) is 6.55. The summed E-state index contributed by atoms with van der Waals surface area (Å²) < 4.78 is 7.82. The predicted molar refractivity (Wildman–Crippen MR) is 63.6 cm³/mol. The zero-order valence-electron chi connectivity index (χ0n) is 8.60. The minimum atomic E-state index is 0.135. The Bertz CT molecular complexity index is 480. The van der Waals surface area contributed by atoms with E-state index < -0.39 is 0 Å². The van der Waals surface area contributed by atoms with Crippen molar-refractivity contribution < 1.29 is 4.74 Å². The number of nitrogens with zero attached hydrogens (tertiary/aromatic N) is 2. The Morgan fingerprint density at radius 2 is 2.56 bits per heavy atom. The Kier molecular flexibility index (Phi) is 2.71. The lowest BCUT2D eigenvalue weighted by Crippen LogP contribution is -2.20. The van der Waals surface area contributed by atoms with Crippen molar-refractivity contribution in [2.45, 2.75) is 25.1 Å². The summed E-state index contributed by atoms with van der Waals surface area (Å²) in [6, 6.07) is 6.16. The summed E-state index contributed by atoms with van der Waals surface area (Å²) in [7, 11) is 0. The third kappa shape index (κ3) is 1.77. The van der Waals surface area contributed by atoms with Gasteiger partial charge in [-0.05, 0) is 17.5 Å². The molecule has 5 heteroatoms. The first-order valence-electron chi connectivity index (χ1n) is 5.13. The summed E-state index contributed by atoms with van der Waals surface area (Å²) in [5.41, 5.74) is 2.04. The van der Waals surface area contributed by atoms with E-state index in [1.54, 1.807) is 11.3 Å². The van der Waals surface area contributed by atoms with E-state index in [1.807, 2.05) is 16.8 Å². The van der Waals surface area contributed by atoms with E-state index in [4.69, 9.17) is 16.3 Å². The molecule has 0 spiro atoms. The summed E-state index contributed by atoms with van der Waals surface area (Å²) in [4.78, 5) is 1.26. The number of aromatic nitrogens is 2. The first kappa shape index (κ1) is 10.3. The van der Waals surface area contributed by atoms with Gasteiger partial charge in [0.1, 0.15) is 6.10 Å². The average molecular weight is 255 g/mol. The molecule has 0 bridgehead atoms. The lowest BCUT2D eigenvalue weighted by atomic mass is 10.2. The molecule has 0 fully saturated rings. The second kappa shape index (κ2) is 4.20. The van der Waals surface area contributed by atoms with Crippen LogP contribution in [0, 0.1) is 0 Å². The van der Waals surface area contributed by atoms with Crippen LogP contribution in [0.2, 0.25) is 0 Å². The molecule has 3 rings (SSSR count). The second-order valence-electron chi connectivity index (χ2n) is 3.76. The maximum Gasteiger partial charge on any atom is 0.112 e. The van der Waals surface area contributed by atoms with Gasteiger partial charge in [-0.25, -0.2) is 0 Å². The molecule has 1 atom stereocenters. The van der Waals surface area contributed by atoms with Gasteiger partial charge in [-0.3, -0.25) is 4.68 Å². The Morgan fingerprint density at radius 3 is 3.31 bits per heavy atom. The molecule has 84 valence electrons. The van der Waals surface area contributed by atoms with E-state index in [1.165, 1.54) is 4.88 Å². The minimum absolute atomic E-state index is 0.135. The SMILES string of the molecule is ClCc1cc2n(n1)CC(c1cccs1)OC2. The molecule has 2 aromatic heterocycles. The molecular formula is C11H11ClN2OS. The van der Waals surface area contributed by atoms with Crippen LogP contribution in [0.5, 0.6) is 0 Å². The molecule has 1 aliphatic heterocycles. The molecule has 0 aliphatic carbocycles. The molecule has 0 N–H and O–H groups in total. The number of alkyl halides is 1. The van der Waals surface area contributed by atoms with Crippen molar-refractivity contribution in [3.63, 3.8) is 0 Å². The third-order valence-corrected chi connectivity index (χ3v) is 3.92. The summed E-state index contributed by atoms with van der Waals surface area (Å²) in [5, 5.41) is 6.51. The van der Waals surface area contributed by atoms with Gasteiger partial charge >= 0.3 is 0 Å². The Morgan fingerprint density at radius 1 is 1.62 bits per heavy atom. The van der Waals surface area contributed by atoms with Gasteiger partial charge in [0.25, 0.3) is 0 Å². The lowest BCUT2D eigenvalue weighted by Gasteiger charge is -2.23. The number of hydrogen-bond donors (Lipinski definition) is 0. The molecular weight excluding hydrogens is 244 g/mol. The molecule has 0 aromatic carbocycles. The Balaban J connectivity index is 1.85. The summed E-state index contributed by atoms with van der Waals surface area (Å²) >= 11 is 7.49. The zero-order valence-corrected chi connectivity index (χ0v) is 10.2. The lowest BCUT2D eigenvalue weighted by molar-refractivity contribution is 0.00101. The summed E-state index contributed by atoms with van der Waals surface area (Å²) in [6.07, 6.45) is 0.135. The first-order chi connectivity index (χ1) is 7.86. The van der Waals surface area contributed by atoms with E-state index in [0.29, 0.717) is 12.5 Å². The van der Waals surface area contributed by atoms with Gasteiger partial charge in [0.2, 0.25) is 0 Å². The van der Waals surface area contributed by atoms with Gasteiger partial charge in [-0.15, -0.1) is 22.9 Å². The largest absolute Gasteiger partial charge is 0.364 e. The smallest absolute Gasteiger partial charge is 0.112 e. The molecule has 1 unspecified atom stereocenters. The van der Waals surface area contributed by atoms with Crippen LogP contribution in [-0.4, -0.2) is 9.78 Å². The standard InChI is InChI=1S/C11H11ClN2OS/c12-5-8-4-9-7-15-10(6-14(9)13-8)11-2-1-3-16-11/h1-4,10H,5-7H2. The van der Waals surface area contributed by atoms with Crippen molar-refractivity contribution in [2.24, 2.45) is 0 Å². The number of halogens is 1. The fourth-order valence-electron chi connectivity index (χ4n) is 1.90. The molecule has 2 aromatic rings. The van der Waals surface area contributed by atoms with Crippen LogP contribution in [0.1, 0.15) is 22.4 Å². The van der Waals surface area contributed by atoms with Crippen molar-refractivity contribution in [1.82, 2.24) is 9.78 Å². The van der Waals surface area contributed by atoms with Gasteiger partial charge in [-0.1, -0.05) is 6.07 Å². The van der Waals surface area contributed by atoms with Crippen molar-refractivity contribution in [3.8, 4) is 0 Å². The van der Waals surface area contributed by atoms with Gasteiger partial charge in [0.15, 0.2) is 0 Å². The highest BCUT2D eigenvalue weighted by Gasteiger charge is 2.22. The average Bonchev–Trinajstić information content (AvgIpc) is 2.96. The molecule has 3 nitrogen and oxygen atoms in total. The molecule has 0 saturated heterocycles. The summed E-state index contributed by atoms with van der Waals surface area (Å²) in [6.45, 7) is 1.40. The van der Waals surface area contributed by atoms with Crippen LogP contribution in [0.4, 0.5) is 0 Å². The van der Waals surface area contributed by atoms with E-state index in [2.05, 4.69) is 16.5 Å². The van der Waals surface area contributed by atoms with Crippen molar-refractivity contribution in [3.05, 3.63) is 39.8 Å². The highest BCUT2D eigenvalue weighted by molar-refractivity contribution is 7.10. The van der Waals surface area contributed by atoms with E-state index in [0.717, 1.165) is 17.9 Å². The van der Waals surface area contributed by atoms with Gasteiger partial charge < -0.3 is 4.74 Å². The normalized spacial score (nSPS) is 19.7. The molecule has 0 amide bonds. The minimum Gasteiger partial charge on any atom is -0.364 e. The quantitative estimate of drug-likeness (QED) is 0.771. The maximum atomic E-state index is 5.81. The van der Waals surface area contributed by atoms with E-state index >= 15 is 0 Å². The number of rotatable bonds is 2. The second-order valence-corrected chi connectivity index (χ2v) is 5.00. The van der Waals surface area contributed by atoms with E-state index in [9.17, 15) is 0 Å². The molecule has 3 heterocycles. The highest BCUT2D eigenvalue weighted by Crippen LogP contribution is 2.29. The maximum absolute atomic E-state index is 5.81. The Hall–Kier alpha value is -0.840. The van der Waals surface area contributed by atoms with Crippen molar-refractivity contribution in [1.29, 1.82) is 0 Å². The van der Waals surface area contributed by atoms with E-state index in [-0.39, 0.29) is 6.10 Å². The number of fused-ring (bicyclic) bond motifs is 1. The van der Waals surface area contributed by atoms with Crippen molar-refractivity contribution in [2.75, 3.05) is 0 Å². The zero-order chi connectivity index (χ0) is 11.0. The Labute approximate surface area is 103 Å². The van der Waals surface area contributed by atoms with Crippen LogP contribution in [0.15, 0.2) is 23.6 Å². The molecule has 1 aliphatic rings. The van der Waals surface area contributed by atoms with Crippen LogP contribution < -0.4 is 0 Å². The molecule has 0 saturated carbocycles. The topological polar surface area (TPSA) is 27.1 Å². The third-order valence-electron chi connectivity index (χ3n) is 2.68. The molecule has 0 radical (unpaired) electrons. The number of ether oxygens (including phenoxy) is 1. The van der Waals surface area contributed by atoms with Crippen LogP contribution in [0.3, 0.4) is 0 Å². The highest BCUT2D eigenvalue weighted by atomic mass is 35.5. The van der Waals surface area contributed by atoms with Crippen molar-refractivity contribution >= 4 is 22.9 Å². The predicted octanol–water partition coefficient (Wildman–Crippen LogP) is 2.95.